The molecule has 0 amide bonds. The van der Waals surface area contributed by atoms with Crippen LogP contribution in [0, 0.1) is 0 Å². The summed E-state index contributed by atoms with van der Waals surface area (Å²) in [4.78, 5) is 6.52. The smallest absolute Gasteiger partial charge is 0.135 e. The maximum Gasteiger partial charge on any atom is 0.135 e. The van der Waals surface area contributed by atoms with Crippen LogP contribution in [0.3, 0.4) is 0 Å². The Balaban J connectivity index is 1.65. The highest BCUT2D eigenvalue weighted by atomic mass is 32.2. The van der Waals surface area contributed by atoms with E-state index in [1.807, 2.05) is 72.8 Å². The summed E-state index contributed by atoms with van der Waals surface area (Å²) in [5, 5.41) is 4.21. The van der Waals surface area contributed by atoms with E-state index in [1.54, 1.807) is 17.8 Å². The zero-order valence-electron chi connectivity index (χ0n) is 18.2. The lowest BCUT2D eigenvalue weighted by molar-refractivity contribution is 0.175. The van der Waals surface area contributed by atoms with Gasteiger partial charge in [-0.15, -0.1) is 11.8 Å². The van der Waals surface area contributed by atoms with Crippen LogP contribution in [0.4, 0.5) is 0 Å². The highest BCUT2D eigenvalue weighted by molar-refractivity contribution is 7.98. The second-order valence-electron chi connectivity index (χ2n) is 6.89. The van der Waals surface area contributed by atoms with Gasteiger partial charge < -0.3 is 9.57 Å². The van der Waals surface area contributed by atoms with Crippen LogP contribution in [-0.4, -0.2) is 18.6 Å². The number of thioether (sulfide) groups is 1. The molecule has 4 heteroatoms. The molecule has 0 saturated heterocycles. The molecule has 162 valence electrons. The van der Waals surface area contributed by atoms with Crippen molar-refractivity contribution in [2.45, 2.75) is 11.5 Å². The van der Waals surface area contributed by atoms with Crippen LogP contribution >= 0.6 is 11.8 Å². The number of hydrogen-bond donors (Lipinski definition) is 0. The van der Waals surface area contributed by atoms with E-state index in [-0.39, 0.29) is 0 Å². The molecule has 0 aliphatic rings. The number of oxime groups is 1. The average Bonchev–Trinajstić information content (AvgIpc) is 2.85. The van der Waals surface area contributed by atoms with Crippen molar-refractivity contribution in [2.75, 3.05) is 12.9 Å². The molecule has 0 aromatic heterocycles. The summed E-state index contributed by atoms with van der Waals surface area (Å²) in [5.74, 6) is 0.836. The summed E-state index contributed by atoms with van der Waals surface area (Å²) in [6, 6.07) is 26.5. The van der Waals surface area contributed by atoms with Crippen molar-refractivity contribution < 1.29 is 9.57 Å². The van der Waals surface area contributed by atoms with E-state index < -0.39 is 0 Å². The predicted molar refractivity (Wildman–Crippen MR) is 137 cm³/mol. The third-order valence-corrected chi connectivity index (χ3v) is 5.20. The monoisotopic (exact) mass is 441 g/mol. The minimum absolute atomic E-state index is 0.362. The van der Waals surface area contributed by atoms with Crippen molar-refractivity contribution in [3.05, 3.63) is 120 Å². The van der Waals surface area contributed by atoms with E-state index in [0.717, 1.165) is 22.4 Å². The van der Waals surface area contributed by atoms with Crippen molar-refractivity contribution >= 4 is 29.6 Å². The fourth-order valence-corrected chi connectivity index (χ4v) is 3.27. The molecule has 0 aliphatic carbocycles. The summed E-state index contributed by atoms with van der Waals surface area (Å²) < 4.78 is 5.85. The third kappa shape index (κ3) is 7.97. The van der Waals surface area contributed by atoms with Crippen molar-refractivity contribution in [3.8, 4) is 5.75 Å². The molecule has 0 bridgehead atoms. The fourth-order valence-electron chi connectivity index (χ4n) is 2.81. The van der Waals surface area contributed by atoms with Crippen molar-refractivity contribution in [1.29, 1.82) is 0 Å². The second-order valence-corrected chi connectivity index (χ2v) is 7.77. The zero-order valence-corrected chi connectivity index (χ0v) is 19.0. The quantitative estimate of drug-likeness (QED) is 0.103. The lowest BCUT2D eigenvalue weighted by atomic mass is 10.1. The standard InChI is InChI=1S/C28H27NO2S/c1-3-20-31-29-26(17-13-24-10-7-11-28(21-24)32-2)16-12-23-14-18-27(19-15-23)30-22-25-8-5-4-6-9-25/h3-19,21H,1,20,22H2,2H3/b16-12+,17-13+,29-26-. The highest BCUT2D eigenvalue weighted by Gasteiger charge is 1.97. The topological polar surface area (TPSA) is 30.8 Å². The van der Waals surface area contributed by atoms with E-state index in [9.17, 15) is 0 Å². The first-order chi connectivity index (χ1) is 15.8. The van der Waals surface area contributed by atoms with E-state index in [0.29, 0.717) is 18.9 Å². The summed E-state index contributed by atoms with van der Waals surface area (Å²) >= 11 is 1.72. The number of rotatable bonds is 11. The van der Waals surface area contributed by atoms with Gasteiger partial charge >= 0.3 is 0 Å². The molecule has 3 rings (SSSR count). The van der Waals surface area contributed by atoms with Crippen LogP contribution < -0.4 is 4.74 Å². The third-order valence-electron chi connectivity index (χ3n) is 4.48. The van der Waals surface area contributed by atoms with Gasteiger partial charge in [0.05, 0.1) is 0 Å². The first kappa shape index (κ1) is 23.2. The van der Waals surface area contributed by atoms with Gasteiger partial charge in [-0.3, -0.25) is 0 Å². The van der Waals surface area contributed by atoms with Gasteiger partial charge in [-0.1, -0.05) is 84.6 Å². The van der Waals surface area contributed by atoms with Gasteiger partial charge in [0, 0.05) is 4.90 Å². The van der Waals surface area contributed by atoms with Crippen LogP contribution in [0.5, 0.6) is 5.75 Å². The fraction of sp³-hybridized carbons (Fsp3) is 0.107. The van der Waals surface area contributed by atoms with Crippen molar-refractivity contribution in [1.82, 2.24) is 0 Å². The number of ether oxygens (including phenoxy) is 1. The molecular weight excluding hydrogens is 414 g/mol. The highest BCUT2D eigenvalue weighted by Crippen LogP contribution is 2.17. The average molecular weight is 442 g/mol. The lowest BCUT2D eigenvalue weighted by Gasteiger charge is -2.06. The molecule has 0 N–H and O–H groups in total. The number of nitrogens with zero attached hydrogens (tertiary/aromatic N) is 1. The molecule has 3 aromatic carbocycles. The molecule has 0 heterocycles. The van der Waals surface area contributed by atoms with Crippen molar-refractivity contribution in [3.63, 3.8) is 0 Å². The maximum absolute atomic E-state index is 5.85. The molecule has 0 fully saturated rings. The molecule has 32 heavy (non-hydrogen) atoms. The predicted octanol–water partition coefficient (Wildman–Crippen LogP) is 7.27. The van der Waals surface area contributed by atoms with Gasteiger partial charge in [-0.05, 0) is 59.4 Å². The van der Waals surface area contributed by atoms with Gasteiger partial charge in [-0.25, -0.2) is 0 Å². The zero-order chi connectivity index (χ0) is 22.4. The van der Waals surface area contributed by atoms with Gasteiger partial charge in [0.2, 0.25) is 0 Å². The minimum atomic E-state index is 0.362. The molecule has 0 atom stereocenters. The Morgan fingerprint density at radius 2 is 1.66 bits per heavy atom. The largest absolute Gasteiger partial charge is 0.489 e. The Kier molecular flexibility index (Phi) is 9.43. The van der Waals surface area contributed by atoms with Gasteiger partial charge in [0.15, 0.2) is 0 Å². The van der Waals surface area contributed by atoms with Crippen LogP contribution in [0.2, 0.25) is 0 Å². The van der Waals surface area contributed by atoms with E-state index >= 15 is 0 Å². The van der Waals surface area contributed by atoms with Crippen LogP contribution in [0.1, 0.15) is 16.7 Å². The maximum atomic E-state index is 5.85. The molecule has 0 radical (unpaired) electrons. The van der Waals surface area contributed by atoms with Crippen LogP contribution in [0.15, 0.2) is 114 Å². The molecule has 0 spiro atoms. The summed E-state index contributed by atoms with van der Waals surface area (Å²) in [6.45, 7) is 4.58. The lowest BCUT2D eigenvalue weighted by Crippen LogP contribution is -1.94. The Hall–Kier alpha value is -3.50. The molecule has 3 aromatic rings. The van der Waals surface area contributed by atoms with E-state index in [2.05, 4.69) is 48.3 Å². The normalized spacial score (nSPS) is 11.7. The van der Waals surface area contributed by atoms with Crippen LogP contribution in [0.25, 0.3) is 12.2 Å². The molecule has 0 saturated carbocycles. The first-order valence-corrected chi connectivity index (χ1v) is 11.6. The van der Waals surface area contributed by atoms with E-state index in [4.69, 9.17) is 9.57 Å². The molecule has 0 unspecified atom stereocenters. The summed E-state index contributed by atoms with van der Waals surface area (Å²) in [6.07, 6.45) is 11.6. The summed E-state index contributed by atoms with van der Waals surface area (Å²) in [7, 11) is 0. The van der Waals surface area contributed by atoms with Crippen molar-refractivity contribution in [2.24, 2.45) is 5.16 Å². The van der Waals surface area contributed by atoms with Gasteiger partial charge in [0.1, 0.15) is 24.7 Å². The number of hydrogen-bond acceptors (Lipinski definition) is 4. The van der Waals surface area contributed by atoms with Crippen LogP contribution in [-0.2, 0) is 11.4 Å². The van der Waals surface area contributed by atoms with Gasteiger partial charge in [-0.2, -0.15) is 0 Å². The SMILES string of the molecule is C=CCO/N=C(/C=C/c1ccc(OCc2ccccc2)cc1)\C=C\c1cccc(SC)c1. The first-order valence-electron chi connectivity index (χ1n) is 10.3. The number of allylic oxidation sites excluding steroid dienone is 2. The minimum Gasteiger partial charge on any atom is -0.489 e. The summed E-state index contributed by atoms with van der Waals surface area (Å²) in [5.41, 5.74) is 4.02. The van der Waals surface area contributed by atoms with Gasteiger partial charge in [0.25, 0.3) is 0 Å². The molecule has 0 aliphatic heterocycles. The molecule has 3 nitrogen and oxygen atoms in total. The van der Waals surface area contributed by atoms with E-state index in [1.165, 1.54) is 4.90 Å². The second kappa shape index (κ2) is 13.0. The Morgan fingerprint density at radius 1 is 0.906 bits per heavy atom. The molecular formula is C28H27NO2S. The Morgan fingerprint density at radius 3 is 2.38 bits per heavy atom. The Bertz CT molecular complexity index is 1070. The Labute approximate surface area is 194 Å². The number of benzene rings is 3.